The first-order chi connectivity index (χ1) is 9.10. The number of hydrogen-bond acceptors (Lipinski definition) is 4. The summed E-state index contributed by atoms with van der Waals surface area (Å²) in [6.45, 7) is 3.98. The van der Waals surface area contributed by atoms with E-state index in [1.54, 1.807) is 0 Å². The molecule has 1 aliphatic rings. The Morgan fingerprint density at radius 3 is 2.89 bits per heavy atom. The standard InChI is InChI=1S/C13H17FN2O3/c1-2-15(9-13-4-3-5-19-13)11-6-10(14)7-12(8-11)16(17)18/h6-8,13H,2-5,9H2,1H3. The Hall–Kier alpha value is -1.69. The Morgan fingerprint density at radius 2 is 2.32 bits per heavy atom. The largest absolute Gasteiger partial charge is 0.376 e. The van der Waals surface area contributed by atoms with Gasteiger partial charge >= 0.3 is 0 Å². The number of anilines is 1. The van der Waals surface area contributed by atoms with Gasteiger partial charge in [0.2, 0.25) is 0 Å². The molecule has 1 aliphatic heterocycles. The van der Waals surface area contributed by atoms with Crippen molar-refractivity contribution in [2.45, 2.75) is 25.9 Å². The smallest absolute Gasteiger partial charge is 0.274 e. The van der Waals surface area contributed by atoms with Crippen molar-refractivity contribution in [1.82, 2.24) is 0 Å². The van der Waals surface area contributed by atoms with Gasteiger partial charge in [-0.15, -0.1) is 0 Å². The third-order valence-corrected chi connectivity index (χ3v) is 3.27. The maximum absolute atomic E-state index is 13.4. The Kier molecular flexibility index (Phi) is 4.31. The van der Waals surface area contributed by atoms with Gasteiger partial charge in [0.05, 0.1) is 17.1 Å². The van der Waals surface area contributed by atoms with Gasteiger partial charge in [0.25, 0.3) is 5.69 Å². The van der Waals surface area contributed by atoms with Gasteiger partial charge in [0.1, 0.15) is 5.82 Å². The van der Waals surface area contributed by atoms with E-state index in [1.807, 2.05) is 11.8 Å². The number of nitrogens with zero attached hydrogens (tertiary/aromatic N) is 2. The second kappa shape index (κ2) is 5.97. The number of likely N-dealkylation sites (N-methyl/N-ethyl adjacent to an activating group) is 1. The quantitative estimate of drug-likeness (QED) is 0.608. The highest BCUT2D eigenvalue weighted by Gasteiger charge is 2.20. The highest BCUT2D eigenvalue weighted by Crippen LogP contribution is 2.25. The summed E-state index contributed by atoms with van der Waals surface area (Å²) >= 11 is 0. The minimum Gasteiger partial charge on any atom is -0.376 e. The molecule has 0 bridgehead atoms. The molecule has 2 rings (SSSR count). The van der Waals surface area contributed by atoms with Crippen LogP contribution in [0.2, 0.25) is 0 Å². The van der Waals surface area contributed by atoms with Crippen LogP contribution in [0.5, 0.6) is 0 Å². The Morgan fingerprint density at radius 1 is 1.53 bits per heavy atom. The molecule has 1 atom stereocenters. The topological polar surface area (TPSA) is 55.6 Å². The van der Waals surface area contributed by atoms with E-state index in [2.05, 4.69) is 0 Å². The molecular weight excluding hydrogens is 251 g/mol. The van der Waals surface area contributed by atoms with Crippen molar-refractivity contribution in [2.75, 3.05) is 24.6 Å². The molecule has 0 aliphatic carbocycles. The summed E-state index contributed by atoms with van der Waals surface area (Å²) < 4.78 is 19.0. The lowest BCUT2D eigenvalue weighted by molar-refractivity contribution is -0.385. The van der Waals surface area contributed by atoms with Crippen LogP contribution in [-0.2, 0) is 4.74 Å². The number of nitro groups is 1. The number of ether oxygens (including phenoxy) is 1. The SMILES string of the molecule is CCN(CC1CCCO1)c1cc(F)cc([N+](=O)[O-])c1. The van der Waals surface area contributed by atoms with Crippen LogP contribution in [0.1, 0.15) is 19.8 Å². The summed E-state index contributed by atoms with van der Waals surface area (Å²) in [6.07, 6.45) is 2.14. The third-order valence-electron chi connectivity index (χ3n) is 3.27. The van der Waals surface area contributed by atoms with Crippen molar-refractivity contribution in [3.05, 3.63) is 34.1 Å². The zero-order valence-corrected chi connectivity index (χ0v) is 10.8. The minimum atomic E-state index is -0.588. The second-order valence-corrected chi connectivity index (χ2v) is 4.60. The molecule has 6 heteroatoms. The number of hydrogen-bond donors (Lipinski definition) is 0. The van der Waals surface area contributed by atoms with Gasteiger partial charge < -0.3 is 9.64 Å². The molecule has 19 heavy (non-hydrogen) atoms. The molecule has 104 valence electrons. The fourth-order valence-corrected chi connectivity index (χ4v) is 2.30. The first-order valence-electron chi connectivity index (χ1n) is 6.41. The van der Waals surface area contributed by atoms with Crippen LogP contribution in [0, 0.1) is 15.9 Å². The van der Waals surface area contributed by atoms with Gasteiger partial charge in [-0.2, -0.15) is 0 Å². The van der Waals surface area contributed by atoms with Crippen LogP contribution in [0.3, 0.4) is 0 Å². The highest BCUT2D eigenvalue weighted by molar-refractivity contribution is 5.53. The molecule has 1 fully saturated rings. The van der Waals surface area contributed by atoms with Gasteiger partial charge in [-0.25, -0.2) is 4.39 Å². The summed E-state index contributed by atoms with van der Waals surface area (Å²) in [6, 6.07) is 3.66. The summed E-state index contributed by atoms with van der Waals surface area (Å²) in [5.41, 5.74) is 0.311. The van der Waals surface area contributed by atoms with Crippen molar-refractivity contribution >= 4 is 11.4 Å². The van der Waals surface area contributed by atoms with Crippen molar-refractivity contribution < 1.29 is 14.1 Å². The van der Waals surface area contributed by atoms with Crippen molar-refractivity contribution in [2.24, 2.45) is 0 Å². The highest BCUT2D eigenvalue weighted by atomic mass is 19.1. The Bertz CT molecular complexity index is 461. The lowest BCUT2D eigenvalue weighted by Crippen LogP contribution is -2.32. The fourth-order valence-electron chi connectivity index (χ4n) is 2.30. The molecule has 0 saturated carbocycles. The number of nitro benzene ring substituents is 1. The van der Waals surface area contributed by atoms with Crippen LogP contribution >= 0.6 is 0 Å². The molecule has 1 aromatic rings. The zero-order valence-electron chi connectivity index (χ0n) is 10.8. The molecule has 1 saturated heterocycles. The molecule has 1 aromatic carbocycles. The normalized spacial score (nSPS) is 18.5. The van der Waals surface area contributed by atoms with Gasteiger partial charge in [0, 0.05) is 31.5 Å². The number of rotatable bonds is 5. The van der Waals surface area contributed by atoms with Crippen molar-refractivity contribution in [1.29, 1.82) is 0 Å². The molecular formula is C13H17FN2O3. The average molecular weight is 268 g/mol. The van der Waals surface area contributed by atoms with E-state index in [0.717, 1.165) is 25.5 Å². The zero-order chi connectivity index (χ0) is 13.8. The first-order valence-corrected chi connectivity index (χ1v) is 6.41. The van der Waals surface area contributed by atoms with Gasteiger partial charge in [-0.05, 0) is 25.8 Å². The minimum absolute atomic E-state index is 0.127. The Labute approximate surface area is 111 Å². The van der Waals surface area contributed by atoms with Gasteiger partial charge in [0.15, 0.2) is 0 Å². The van der Waals surface area contributed by atoms with Crippen LogP contribution in [0.4, 0.5) is 15.8 Å². The molecule has 1 unspecified atom stereocenters. The lowest BCUT2D eigenvalue weighted by Gasteiger charge is -2.25. The predicted octanol–water partition coefficient (Wildman–Crippen LogP) is 2.74. The van der Waals surface area contributed by atoms with E-state index in [9.17, 15) is 14.5 Å². The molecule has 0 radical (unpaired) electrons. The van der Waals surface area contributed by atoms with Gasteiger partial charge in [-0.3, -0.25) is 10.1 Å². The van der Waals surface area contributed by atoms with E-state index in [1.165, 1.54) is 12.1 Å². The maximum atomic E-state index is 13.4. The van der Waals surface area contributed by atoms with Crippen LogP contribution in [-0.4, -0.2) is 30.7 Å². The number of non-ortho nitro benzene ring substituents is 1. The number of halogens is 1. The monoisotopic (exact) mass is 268 g/mol. The predicted molar refractivity (Wildman–Crippen MR) is 69.9 cm³/mol. The second-order valence-electron chi connectivity index (χ2n) is 4.60. The van der Waals surface area contributed by atoms with Crippen LogP contribution < -0.4 is 4.90 Å². The average Bonchev–Trinajstić information content (AvgIpc) is 2.88. The lowest BCUT2D eigenvalue weighted by atomic mass is 10.2. The molecule has 0 spiro atoms. The van der Waals surface area contributed by atoms with Gasteiger partial charge in [-0.1, -0.05) is 0 Å². The fraction of sp³-hybridized carbons (Fsp3) is 0.538. The molecule has 0 amide bonds. The number of benzene rings is 1. The molecule has 5 nitrogen and oxygen atoms in total. The maximum Gasteiger partial charge on any atom is 0.274 e. The Balaban J connectivity index is 2.19. The van der Waals surface area contributed by atoms with Crippen LogP contribution in [0.15, 0.2) is 18.2 Å². The van der Waals surface area contributed by atoms with E-state index >= 15 is 0 Å². The summed E-state index contributed by atoms with van der Waals surface area (Å²) in [4.78, 5) is 12.1. The molecule has 0 N–H and O–H groups in total. The van der Waals surface area contributed by atoms with E-state index in [0.29, 0.717) is 18.8 Å². The summed E-state index contributed by atoms with van der Waals surface area (Å²) in [5.74, 6) is -0.588. The van der Waals surface area contributed by atoms with E-state index in [-0.39, 0.29) is 11.8 Å². The third kappa shape index (κ3) is 3.41. The van der Waals surface area contributed by atoms with Crippen molar-refractivity contribution in [3.8, 4) is 0 Å². The molecule has 0 aromatic heterocycles. The summed E-state index contributed by atoms with van der Waals surface area (Å²) in [7, 11) is 0. The summed E-state index contributed by atoms with van der Waals surface area (Å²) in [5, 5.41) is 10.8. The van der Waals surface area contributed by atoms with E-state index < -0.39 is 10.7 Å². The molecule has 1 heterocycles. The van der Waals surface area contributed by atoms with E-state index in [4.69, 9.17) is 4.74 Å². The van der Waals surface area contributed by atoms with Crippen LogP contribution in [0.25, 0.3) is 0 Å². The first kappa shape index (κ1) is 13.7. The van der Waals surface area contributed by atoms with Crippen molar-refractivity contribution in [3.63, 3.8) is 0 Å².